The maximum absolute atomic E-state index is 12.3. The number of hydrogen-bond donors (Lipinski definition) is 1. The summed E-state index contributed by atoms with van der Waals surface area (Å²) >= 11 is 0. The smallest absolute Gasteiger partial charge is 0.282 e. The molecule has 2 N–H and O–H groups in total. The summed E-state index contributed by atoms with van der Waals surface area (Å²) in [6, 6.07) is 0. The molecule has 2 saturated heterocycles. The summed E-state index contributed by atoms with van der Waals surface area (Å²) in [4.78, 5) is 2.29. The van der Waals surface area contributed by atoms with Crippen molar-refractivity contribution < 1.29 is 8.42 Å². The average Bonchev–Trinajstić information content (AvgIpc) is 2.91. The van der Waals surface area contributed by atoms with Gasteiger partial charge < -0.3 is 10.6 Å². The van der Waals surface area contributed by atoms with E-state index in [1.54, 1.807) is 8.61 Å². The van der Waals surface area contributed by atoms with Gasteiger partial charge in [0.25, 0.3) is 10.2 Å². The maximum Gasteiger partial charge on any atom is 0.282 e. The van der Waals surface area contributed by atoms with Gasteiger partial charge in [-0.15, -0.1) is 0 Å². The third-order valence-electron chi connectivity index (χ3n) is 3.73. The van der Waals surface area contributed by atoms with E-state index in [1.807, 2.05) is 0 Å². The zero-order valence-corrected chi connectivity index (χ0v) is 11.7. The molecule has 0 saturated carbocycles. The SMILES string of the molecule is NCCCN1CCN(S(=O)(=O)N2CCCC2)CC1. The molecule has 0 aliphatic carbocycles. The standard InChI is InChI=1S/C11H24N4O2S/c12-4-3-5-13-8-10-15(11-9-13)18(16,17)14-6-1-2-7-14/h1-12H2. The van der Waals surface area contributed by atoms with Crippen LogP contribution in [0.1, 0.15) is 19.3 Å². The molecule has 2 aliphatic heterocycles. The van der Waals surface area contributed by atoms with E-state index >= 15 is 0 Å². The Kier molecular flexibility index (Phi) is 4.97. The van der Waals surface area contributed by atoms with Gasteiger partial charge in [0.2, 0.25) is 0 Å². The van der Waals surface area contributed by atoms with E-state index in [0.29, 0.717) is 32.7 Å². The Morgan fingerprint density at radius 2 is 1.44 bits per heavy atom. The monoisotopic (exact) mass is 276 g/mol. The van der Waals surface area contributed by atoms with Crippen LogP contribution in [0.4, 0.5) is 0 Å². The van der Waals surface area contributed by atoms with Crippen molar-refractivity contribution in [3.63, 3.8) is 0 Å². The van der Waals surface area contributed by atoms with E-state index in [9.17, 15) is 8.42 Å². The van der Waals surface area contributed by atoms with Gasteiger partial charge in [0, 0.05) is 39.3 Å². The van der Waals surface area contributed by atoms with E-state index in [4.69, 9.17) is 5.73 Å². The summed E-state index contributed by atoms with van der Waals surface area (Å²) in [7, 11) is -3.19. The van der Waals surface area contributed by atoms with Crippen molar-refractivity contribution in [2.45, 2.75) is 19.3 Å². The van der Waals surface area contributed by atoms with Crippen LogP contribution in [0.3, 0.4) is 0 Å². The largest absolute Gasteiger partial charge is 0.330 e. The van der Waals surface area contributed by atoms with E-state index in [-0.39, 0.29) is 0 Å². The summed E-state index contributed by atoms with van der Waals surface area (Å²) in [6.45, 7) is 5.94. The molecule has 0 aromatic heterocycles. The van der Waals surface area contributed by atoms with Gasteiger partial charge in [-0.05, 0) is 32.4 Å². The van der Waals surface area contributed by atoms with Crippen LogP contribution in [0.15, 0.2) is 0 Å². The first-order valence-electron chi connectivity index (χ1n) is 6.82. The number of nitrogens with zero attached hydrogens (tertiary/aromatic N) is 3. The van der Waals surface area contributed by atoms with Crippen LogP contribution in [0.5, 0.6) is 0 Å². The Morgan fingerprint density at radius 3 is 2.00 bits per heavy atom. The molecule has 106 valence electrons. The minimum absolute atomic E-state index is 0.614. The second-order valence-corrected chi connectivity index (χ2v) is 6.93. The van der Waals surface area contributed by atoms with E-state index < -0.39 is 10.2 Å². The molecule has 0 amide bonds. The highest BCUT2D eigenvalue weighted by atomic mass is 32.2. The molecule has 0 atom stereocenters. The van der Waals surface area contributed by atoms with Crippen LogP contribution < -0.4 is 5.73 Å². The summed E-state index contributed by atoms with van der Waals surface area (Å²) in [6.07, 6.45) is 2.98. The molecular weight excluding hydrogens is 252 g/mol. The Labute approximate surface area is 110 Å². The predicted octanol–water partition coefficient (Wildman–Crippen LogP) is -0.707. The molecule has 2 rings (SSSR count). The molecule has 0 spiro atoms. The first-order chi connectivity index (χ1) is 8.64. The fraction of sp³-hybridized carbons (Fsp3) is 1.00. The molecule has 18 heavy (non-hydrogen) atoms. The van der Waals surface area contributed by atoms with Crippen LogP contribution >= 0.6 is 0 Å². The fourth-order valence-corrected chi connectivity index (χ4v) is 4.25. The lowest BCUT2D eigenvalue weighted by atomic mass is 10.3. The molecule has 0 bridgehead atoms. The van der Waals surface area contributed by atoms with Crippen LogP contribution in [0.25, 0.3) is 0 Å². The summed E-state index contributed by atoms with van der Waals surface area (Å²) in [5, 5.41) is 0. The molecule has 2 fully saturated rings. The molecule has 0 unspecified atom stereocenters. The minimum atomic E-state index is -3.19. The quantitative estimate of drug-likeness (QED) is 0.720. The number of rotatable bonds is 5. The summed E-state index contributed by atoms with van der Waals surface area (Å²) in [5.41, 5.74) is 5.49. The normalized spacial score (nSPS) is 24.7. The van der Waals surface area contributed by atoms with Crippen molar-refractivity contribution in [2.24, 2.45) is 5.73 Å². The lowest BCUT2D eigenvalue weighted by Crippen LogP contribution is -2.52. The highest BCUT2D eigenvalue weighted by Crippen LogP contribution is 2.17. The first kappa shape index (κ1) is 14.2. The lowest BCUT2D eigenvalue weighted by Gasteiger charge is -2.35. The predicted molar refractivity (Wildman–Crippen MR) is 71.4 cm³/mol. The minimum Gasteiger partial charge on any atom is -0.330 e. The van der Waals surface area contributed by atoms with E-state index in [2.05, 4.69) is 4.90 Å². The van der Waals surface area contributed by atoms with Crippen LogP contribution in [-0.4, -0.2) is 74.3 Å². The van der Waals surface area contributed by atoms with Crippen LogP contribution in [0, 0.1) is 0 Å². The molecular formula is C11H24N4O2S. The zero-order chi connectivity index (χ0) is 13.0. The van der Waals surface area contributed by atoms with Gasteiger partial charge in [-0.25, -0.2) is 0 Å². The Bertz CT molecular complexity index is 346. The van der Waals surface area contributed by atoms with Gasteiger partial charge in [-0.2, -0.15) is 17.0 Å². The molecule has 7 heteroatoms. The Balaban J connectivity index is 1.85. The fourth-order valence-electron chi connectivity index (χ4n) is 2.58. The van der Waals surface area contributed by atoms with Crippen molar-refractivity contribution >= 4 is 10.2 Å². The highest BCUT2D eigenvalue weighted by Gasteiger charge is 2.33. The summed E-state index contributed by atoms with van der Waals surface area (Å²) < 4.78 is 27.9. The highest BCUT2D eigenvalue weighted by molar-refractivity contribution is 7.86. The van der Waals surface area contributed by atoms with Crippen LogP contribution in [0.2, 0.25) is 0 Å². The maximum atomic E-state index is 12.3. The Morgan fingerprint density at radius 1 is 0.889 bits per heavy atom. The van der Waals surface area contributed by atoms with Gasteiger partial charge in [0.05, 0.1) is 0 Å². The van der Waals surface area contributed by atoms with Gasteiger partial charge in [0.1, 0.15) is 0 Å². The number of piperazine rings is 1. The van der Waals surface area contributed by atoms with Crippen LogP contribution in [-0.2, 0) is 10.2 Å². The third kappa shape index (κ3) is 3.21. The van der Waals surface area contributed by atoms with Crippen molar-refractivity contribution in [3.8, 4) is 0 Å². The van der Waals surface area contributed by atoms with Gasteiger partial charge in [-0.1, -0.05) is 0 Å². The third-order valence-corrected chi connectivity index (χ3v) is 5.76. The van der Waals surface area contributed by atoms with Gasteiger partial charge >= 0.3 is 0 Å². The summed E-state index contributed by atoms with van der Waals surface area (Å²) in [5.74, 6) is 0. The van der Waals surface area contributed by atoms with Gasteiger partial charge in [-0.3, -0.25) is 0 Å². The van der Waals surface area contributed by atoms with E-state index in [0.717, 1.165) is 38.9 Å². The van der Waals surface area contributed by atoms with Crippen molar-refractivity contribution in [3.05, 3.63) is 0 Å². The van der Waals surface area contributed by atoms with Crippen molar-refractivity contribution in [1.82, 2.24) is 13.5 Å². The number of hydrogen-bond acceptors (Lipinski definition) is 4. The molecule has 0 radical (unpaired) electrons. The Hall–Kier alpha value is -0.210. The van der Waals surface area contributed by atoms with Crippen molar-refractivity contribution in [2.75, 3.05) is 52.4 Å². The molecule has 6 nitrogen and oxygen atoms in total. The average molecular weight is 276 g/mol. The second-order valence-electron chi connectivity index (χ2n) is 5.00. The number of nitrogens with two attached hydrogens (primary N) is 1. The van der Waals surface area contributed by atoms with Gasteiger partial charge in [0.15, 0.2) is 0 Å². The second kappa shape index (κ2) is 6.29. The van der Waals surface area contributed by atoms with Crippen molar-refractivity contribution in [1.29, 1.82) is 0 Å². The molecule has 0 aromatic rings. The first-order valence-corrected chi connectivity index (χ1v) is 8.22. The molecule has 2 heterocycles. The molecule has 2 aliphatic rings. The lowest BCUT2D eigenvalue weighted by molar-refractivity contribution is 0.182. The zero-order valence-electron chi connectivity index (χ0n) is 10.9. The topological polar surface area (TPSA) is 69.9 Å². The van der Waals surface area contributed by atoms with E-state index in [1.165, 1.54) is 0 Å². The molecule has 0 aromatic carbocycles.